The summed E-state index contributed by atoms with van der Waals surface area (Å²) >= 11 is 5.08. The summed E-state index contributed by atoms with van der Waals surface area (Å²) in [7, 11) is 0. The molecule has 0 atom stereocenters. The number of rotatable bonds is 8. The second kappa shape index (κ2) is 8.54. The largest absolute Gasteiger partial charge is 0.392 e. The van der Waals surface area contributed by atoms with Crippen molar-refractivity contribution in [3.8, 4) is 0 Å². The fraction of sp³-hybridized carbons (Fsp3) is 0.857. The Labute approximate surface area is 127 Å². The van der Waals surface area contributed by atoms with Crippen LogP contribution in [-0.2, 0) is 9.53 Å². The Morgan fingerprint density at radius 3 is 2.45 bits per heavy atom. The first-order valence-corrected chi connectivity index (χ1v) is 7.86. The van der Waals surface area contributed by atoms with Gasteiger partial charge in [0.2, 0.25) is 5.91 Å². The number of ether oxygens (including phenoxy) is 1. The van der Waals surface area contributed by atoms with Crippen LogP contribution < -0.4 is 11.1 Å². The molecule has 1 fully saturated rings. The van der Waals surface area contributed by atoms with E-state index in [1.165, 1.54) is 0 Å². The Hall–Kier alpha value is -0.720. The summed E-state index contributed by atoms with van der Waals surface area (Å²) in [6.45, 7) is 9.14. The second-order valence-electron chi connectivity index (χ2n) is 5.22. The first-order valence-electron chi connectivity index (χ1n) is 7.45. The molecule has 116 valence electrons. The number of nitrogens with one attached hydrogen (secondary N) is 1. The number of amides is 1. The Morgan fingerprint density at radius 2 is 1.95 bits per heavy atom. The van der Waals surface area contributed by atoms with Crippen LogP contribution in [0.4, 0.5) is 0 Å². The molecule has 20 heavy (non-hydrogen) atoms. The lowest BCUT2D eigenvalue weighted by Crippen LogP contribution is -2.48. The Bertz CT molecular complexity index is 326. The van der Waals surface area contributed by atoms with Crippen molar-refractivity contribution in [3.63, 3.8) is 0 Å². The molecule has 1 aliphatic heterocycles. The van der Waals surface area contributed by atoms with Gasteiger partial charge in [-0.15, -0.1) is 0 Å². The molecule has 0 aromatic heterocycles. The van der Waals surface area contributed by atoms with E-state index in [1.54, 1.807) is 0 Å². The second-order valence-corrected chi connectivity index (χ2v) is 5.66. The Morgan fingerprint density at radius 1 is 1.35 bits per heavy atom. The summed E-state index contributed by atoms with van der Waals surface area (Å²) in [5.74, 6) is -0.0306. The summed E-state index contributed by atoms with van der Waals surface area (Å²) in [6, 6.07) is 0. The van der Waals surface area contributed by atoms with Crippen LogP contribution in [-0.4, -0.2) is 55.2 Å². The van der Waals surface area contributed by atoms with Crippen LogP contribution in [0, 0.1) is 5.41 Å². The molecule has 0 radical (unpaired) electrons. The van der Waals surface area contributed by atoms with E-state index in [9.17, 15) is 4.79 Å². The van der Waals surface area contributed by atoms with Crippen LogP contribution in [0.15, 0.2) is 0 Å². The van der Waals surface area contributed by atoms with Crippen molar-refractivity contribution in [2.75, 3.05) is 39.4 Å². The molecule has 1 heterocycles. The van der Waals surface area contributed by atoms with Gasteiger partial charge in [-0.3, -0.25) is 9.69 Å². The van der Waals surface area contributed by atoms with Crippen molar-refractivity contribution in [3.05, 3.63) is 0 Å². The average molecular weight is 301 g/mol. The van der Waals surface area contributed by atoms with Gasteiger partial charge >= 0.3 is 0 Å². The summed E-state index contributed by atoms with van der Waals surface area (Å²) in [6.07, 6.45) is 2.23. The first-order chi connectivity index (χ1) is 9.56. The van der Waals surface area contributed by atoms with Crippen LogP contribution in [0.2, 0.25) is 0 Å². The molecule has 5 nitrogen and oxygen atoms in total. The normalized spacial score (nSPS) is 16.9. The number of hydrogen-bond donors (Lipinski definition) is 2. The van der Waals surface area contributed by atoms with E-state index < -0.39 is 5.41 Å². The predicted octanol–water partition coefficient (Wildman–Crippen LogP) is 0.917. The van der Waals surface area contributed by atoms with Gasteiger partial charge in [0.15, 0.2) is 0 Å². The Kier molecular flexibility index (Phi) is 7.40. The summed E-state index contributed by atoms with van der Waals surface area (Å²) in [5, 5.41) is 2.98. The maximum absolute atomic E-state index is 12.3. The molecule has 6 heteroatoms. The van der Waals surface area contributed by atoms with Gasteiger partial charge in [-0.2, -0.15) is 0 Å². The van der Waals surface area contributed by atoms with Gasteiger partial charge in [-0.25, -0.2) is 0 Å². The maximum Gasteiger partial charge on any atom is 0.233 e. The van der Waals surface area contributed by atoms with Crippen molar-refractivity contribution in [2.24, 2.45) is 11.1 Å². The molecule has 0 aromatic rings. The van der Waals surface area contributed by atoms with Crippen molar-refractivity contribution in [1.82, 2.24) is 10.2 Å². The van der Waals surface area contributed by atoms with Crippen LogP contribution in [0.25, 0.3) is 0 Å². The van der Waals surface area contributed by atoms with Crippen LogP contribution in [0.1, 0.15) is 33.1 Å². The summed E-state index contributed by atoms with van der Waals surface area (Å²) in [4.78, 5) is 15.0. The van der Waals surface area contributed by atoms with E-state index >= 15 is 0 Å². The number of hydrogen-bond acceptors (Lipinski definition) is 4. The fourth-order valence-corrected chi connectivity index (χ4v) is 2.91. The maximum atomic E-state index is 12.3. The van der Waals surface area contributed by atoms with E-state index in [0.29, 0.717) is 24.4 Å². The molecule has 0 unspecified atom stereocenters. The minimum atomic E-state index is -0.686. The van der Waals surface area contributed by atoms with E-state index in [1.807, 2.05) is 13.8 Å². The molecule has 3 N–H and O–H groups in total. The van der Waals surface area contributed by atoms with E-state index in [0.717, 1.165) is 39.3 Å². The summed E-state index contributed by atoms with van der Waals surface area (Å²) in [5.41, 5.74) is 5.08. The summed E-state index contributed by atoms with van der Waals surface area (Å²) < 4.78 is 5.30. The number of thiocarbonyl (C=S) groups is 1. The van der Waals surface area contributed by atoms with Crippen molar-refractivity contribution >= 4 is 23.1 Å². The van der Waals surface area contributed by atoms with Gasteiger partial charge in [0.25, 0.3) is 0 Å². The monoisotopic (exact) mass is 301 g/mol. The highest BCUT2D eigenvalue weighted by Crippen LogP contribution is 2.27. The van der Waals surface area contributed by atoms with Gasteiger partial charge in [-0.05, 0) is 25.8 Å². The highest BCUT2D eigenvalue weighted by molar-refractivity contribution is 7.80. The lowest BCUT2D eigenvalue weighted by molar-refractivity contribution is -0.127. The van der Waals surface area contributed by atoms with E-state index in [4.69, 9.17) is 22.7 Å². The van der Waals surface area contributed by atoms with Gasteiger partial charge in [0, 0.05) is 19.6 Å². The molecule has 0 saturated carbocycles. The Balaban J connectivity index is 2.32. The molecular weight excluding hydrogens is 274 g/mol. The molecule has 1 rings (SSSR count). The van der Waals surface area contributed by atoms with E-state index in [-0.39, 0.29) is 5.91 Å². The third-order valence-electron chi connectivity index (χ3n) is 4.15. The minimum Gasteiger partial charge on any atom is -0.392 e. The molecule has 0 aromatic carbocycles. The van der Waals surface area contributed by atoms with Crippen LogP contribution in [0.5, 0.6) is 0 Å². The lowest BCUT2D eigenvalue weighted by Gasteiger charge is -2.29. The zero-order valence-corrected chi connectivity index (χ0v) is 13.4. The predicted molar refractivity (Wildman–Crippen MR) is 84.7 cm³/mol. The fourth-order valence-electron chi connectivity index (χ4n) is 2.53. The number of carbonyl (C=O) groups excluding carboxylic acids is 1. The van der Waals surface area contributed by atoms with Gasteiger partial charge in [-0.1, -0.05) is 26.1 Å². The first kappa shape index (κ1) is 17.3. The topological polar surface area (TPSA) is 67.6 Å². The van der Waals surface area contributed by atoms with Crippen molar-refractivity contribution in [1.29, 1.82) is 0 Å². The van der Waals surface area contributed by atoms with Crippen LogP contribution >= 0.6 is 12.2 Å². The number of nitrogens with two attached hydrogens (primary N) is 1. The molecule has 0 bridgehead atoms. The van der Waals surface area contributed by atoms with Gasteiger partial charge in [0.05, 0.1) is 23.6 Å². The molecular formula is C14H27N3O2S. The van der Waals surface area contributed by atoms with Crippen molar-refractivity contribution < 1.29 is 9.53 Å². The molecule has 0 aliphatic carbocycles. The molecule has 1 aliphatic rings. The zero-order valence-electron chi connectivity index (χ0n) is 12.6. The number of morpholine rings is 1. The smallest absolute Gasteiger partial charge is 0.233 e. The third kappa shape index (κ3) is 4.40. The molecule has 0 spiro atoms. The number of carbonyl (C=O) groups is 1. The van der Waals surface area contributed by atoms with Gasteiger partial charge < -0.3 is 15.8 Å². The van der Waals surface area contributed by atoms with Crippen LogP contribution in [0.3, 0.4) is 0 Å². The SMILES string of the molecule is CCC(CC)(C(=O)NCCCN1CCOCC1)C(N)=S. The molecule has 1 saturated heterocycles. The van der Waals surface area contributed by atoms with E-state index in [2.05, 4.69) is 10.2 Å². The quantitative estimate of drug-likeness (QED) is 0.515. The number of nitrogens with zero attached hydrogens (tertiary/aromatic N) is 1. The van der Waals surface area contributed by atoms with Crippen molar-refractivity contribution in [2.45, 2.75) is 33.1 Å². The molecule has 1 amide bonds. The highest BCUT2D eigenvalue weighted by Gasteiger charge is 2.37. The zero-order chi connectivity index (χ0) is 15.0. The van der Waals surface area contributed by atoms with Gasteiger partial charge in [0.1, 0.15) is 0 Å². The minimum absolute atomic E-state index is 0.0306. The lowest BCUT2D eigenvalue weighted by atomic mass is 9.81. The average Bonchev–Trinajstić information content (AvgIpc) is 2.46. The standard InChI is InChI=1S/C14H27N3O2S/c1-3-14(4-2,12(15)20)13(18)16-6-5-7-17-8-10-19-11-9-17/h3-11H2,1-2H3,(H2,15,20)(H,16,18). The highest BCUT2D eigenvalue weighted by atomic mass is 32.1. The third-order valence-corrected chi connectivity index (χ3v) is 4.54.